The summed E-state index contributed by atoms with van der Waals surface area (Å²) in [6, 6.07) is 17.9. The van der Waals surface area contributed by atoms with Crippen molar-refractivity contribution in [1.29, 1.82) is 0 Å². The minimum absolute atomic E-state index is 0.0294. The number of methoxy groups -OCH3 is 1. The van der Waals surface area contributed by atoms with Crippen LogP contribution in [0, 0.1) is 0 Å². The molecule has 27 heavy (non-hydrogen) atoms. The third kappa shape index (κ3) is 4.35. The van der Waals surface area contributed by atoms with Gasteiger partial charge in [-0.1, -0.05) is 54.6 Å². The first kappa shape index (κ1) is 19.1. The molecule has 2 aromatic carbocycles. The molecule has 3 rings (SSSR count). The van der Waals surface area contributed by atoms with Crippen LogP contribution in [0.15, 0.2) is 54.6 Å². The first-order valence-electron chi connectivity index (χ1n) is 8.89. The van der Waals surface area contributed by atoms with Crippen LogP contribution in [0.1, 0.15) is 5.56 Å². The highest BCUT2D eigenvalue weighted by atomic mass is 16.5. The summed E-state index contributed by atoms with van der Waals surface area (Å²) < 4.78 is 10.7. The highest BCUT2D eigenvalue weighted by molar-refractivity contribution is 5.86. The van der Waals surface area contributed by atoms with E-state index in [9.17, 15) is 9.59 Å². The molecule has 2 N–H and O–H groups in total. The van der Waals surface area contributed by atoms with Crippen LogP contribution in [0.25, 0.3) is 11.1 Å². The largest absolute Gasteiger partial charge is 0.375 e. The number of benzene rings is 2. The molecule has 1 aliphatic rings. The average Bonchev–Trinajstić information content (AvgIpc) is 2.69. The topological polar surface area (TPSA) is 81.9 Å². The van der Waals surface area contributed by atoms with Crippen molar-refractivity contribution >= 4 is 11.8 Å². The Morgan fingerprint density at radius 1 is 1.15 bits per heavy atom. The smallest absolute Gasteiger partial charge is 0.251 e. The van der Waals surface area contributed by atoms with Gasteiger partial charge in [0.05, 0.1) is 13.2 Å². The van der Waals surface area contributed by atoms with Crippen LogP contribution >= 0.6 is 0 Å². The molecule has 1 unspecified atom stereocenters. The van der Waals surface area contributed by atoms with Gasteiger partial charge in [0.25, 0.3) is 5.91 Å². The van der Waals surface area contributed by atoms with Gasteiger partial charge in [-0.2, -0.15) is 0 Å². The maximum atomic E-state index is 12.3. The Balaban J connectivity index is 1.84. The first-order valence-corrected chi connectivity index (χ1v) is 8.89. The van der Waals surface area contributed by atoms with E-state index in [-0.39, 0.29) is 25.7 Å². The molecule has 1 heterocycles. The van der Waals surface area contributed by atoms with Crippen molar-refractivity contribution in [3.63, 3.8) is 0 Å². The first-order chi connectivity index (χ1) is 13.0. The molecule has 0 spiro atoms. The molecule has 6 heteroatoms. The van der Waals surface area contributed by atoms with E-state index in [2.05, 4.69) is 0 Å². The van der Waals surface area contributed by atoms with Crippen molar-refractivity contribution in [2.45, 2.75) is 12.0 Å². The molecule has 0 bridgehead atoms. The molecule has 6 nitrogen and oxygen atoms in total. The summed E-state index contributed by atoms with van der Waals surface area (Å²) in [5.74, 6) is -0.744. The number of hydrogen-bond donors (Lipinski definition) is 1. The molecule has 0 saturated carbocycles. The van der Waals surface area contributed by atoms with E-state index in [0.29, 0.717) is 13.0 Å². The highest BCUT2D eigenvalue weighted by Crippen LogP contribution is 2.26. The Morgan fingerprint density at radius 3 is 2.59 bits per heavy atom. The molecule has 2 amide bonds. The molecule has 0 aliphatic carbocycles. The van der Waals surface area contributed by atoms with Gasteiger partial charge in [-0.15, -0.1) is 0 Å². The summed E-state index contributed by atoms with van der Waals surface area (Å²) in [6.45, 7) is 0.774. The zero-order valence-corrected chi connectivity index (χ0v) is 15.4. The standard InChI is InChI=1S/C21H24N2O4/c1-26-14-19(24)23-10-11-27-21(15-23,20(22)25)13-16-6-5-9-18(12-16)17-7-3-2-4-8-17/h2-9,12H,10-11,13-15H2,1H3,(H2,22,25). The molecule has 0 radical (unpaired) electrons. The molecule has 1 fully saturated rings. The second-order valence-electron chi connectivity index (χ2n) is 6.70. The van der Waals surface area contributed by atoms with Crippen molar-refractivity contribution in [2.24, 2.45) is 5.73 Å². The zero-order chi connectivity index (χ0) is 19.3. The third-order valence-electron chi connectivity index (χ3n) is 4.78. The zero-order valence-electron chi connectivity index (χ0n) is 15.4. The summed E-state index contributed by atoms with van der Waals surface area (Å²) in [6.07, 6.45) is 0.305. The number of rotatable bonds is 6. The van der Waals surface area contributed by atoms with Gasteiger partial charge in [0.15, 0.2) is 5.60 Å². The molecule has 2 aromatic rings. The summed E-state index contributed by atoms with van der Waals surface area (Å²) in [5.41, 5.74) is 7.53. The lowest BCUT2D eigenvalue weighted by atomic mass is 9.90. The van der Waals surface area contributed by atoms with Gasteiger partial charge in [0.1, 0.15) is 6.61 Å². The molecule has 0 aromatic heterocycles. The van der Waals surface area contributed by atoms with E-state index >= 15 is 0 Å². The number of primary amides is 1. The minimum atomic E-state index is -1.24. The number of amides is 2. The van der Waals surface area contributed by atoms with Crippen molar-refractivity contribution in [1.82, 2.24) is 4.90 Å². The molecular weight excluding hydrogens is 344 g/mol. The predicted molar refractivity (Wildman–Crippen MR) is 102 cm³/mol. The van der Waals surface area contributed by atoms with E-state index < -0.39 is 11.5 Å². The number of morpholine rings is 1. The number of carbonyl (C=O) groups excluding carboxylic acids is 2. The van der Waals surface area contributed by atoms with E-state index in [1.54, 1.807) is 4.90 Å². The number of nitrogens with two attached hydrogens (primary N) is 1. The normalized spacial score (nSPS) is 19.7. The van der Waals surface area contributed by atoms with E-state index in [0.717, 1.165) is 16.7 Å². The van der Waals surface area contributed by atoms with Gasteiger partial charge in [0, 0.05) is 20.1 Å². The molecule has 1 saturated heterocycles. The molecule has 142 valence electrons. The van der Waals surface area contributed by atoms with Gasteiger partial charge in [0.2, 0.25) is 5.91 Å². The Labute approximate surface area is 158 Å². The van der Waals surface area contributed by atoms with Gasteiger partial charge in [-0.05, 0) is 16.7 Å². The van der Waals surface area contributed by atoms with E-state index in [1.165, 1.54) is 7.11 Å². The fourth-order valence-corrected chi connectivity index (χ4v) is 3.38. The summed E-state index contributed by atoms with van der Waals surface area (Å²) >= 11 is 0. The Kier molecular flexibility index (Phi) is 5.88. The maximum absolute atomic E-state index is 12.3. The number of carbonyl (C=O) groups is 2. The van der Waals surface area contributed by atoms with Crippen LogP contribution in [-0.4, -0.2) is 55.7 Å². The van der Waals surface area contributed by atoms with Crippen molar-refractivity contribution < 1.29 is 19.1 Å². The van der Waals surface area contributed by atoms with Crippen molar-refractivity contribution in [2.75, 3.05) is 33.4 Å². The Morgan fingerprint density at radius 2 is 1.89 bits per heavy atom. The number of ether oxygens (including phenoxy) is 2. The van der Waals surface area contributed by atoms with Crippen LogP contribution in [0.3, 0.4) is 0 Å². The Bertz CT molecular complexity index is 809. The van der Waals surface area contributed by atoms with Crippen LogP contribution in [-0.2, 0) is 25.5 Å². The number of hydrogen-bond acceptors (Lipinski definition) is 4. The van der Waals surface area contributed by atoms with Crippen LogP contribution in [0.5, 0.6) is 0 Å². The lowest BCUT2D eigenvalue weighted by Gasteiger charge is -2.40. The fourth-order valence-electron chi connectivity index (χ4n) is 3.38. The lowest BCUT2D eigenvalue weighted by Crippen LogP contribution is -2.61. The van der Waals surface area contributed by atoms with Crippen LogP contribution < -0.4 is 5.73 Å². The van der Waals surface area contributed by atoms with E-state index in [4.69, 9.17) is 15.2 Å². The summed E-state index contributed by atoms with van der Waals surface area (Å²) in [4.78, 5) is 26.1. The average molecular weight is 368 g/mol. The maximum Gasteiger partial charge on any atom is 0.251 e. The minimum Gasteiger partial charge on any atom is -0.375 e. The van der Waals surface area contributed by atoms with Crippen LogP contribution in [0.2, 0.25) is 0 Å². The molecule has 1 atom stereocenters. The Hall–Kier alpha value is -2.70. The van der Waals surface area contributed by atoms with Gasteiger partial charge in [-0.3, -0.25) is 9.59 Å². The van der Waals surface area contributed by atoms with Gasteiger partial charge >= 0.3 is 0 Å². The fraction of sp³-hybridized carbons (Fsp3) is 0.333. The third-order valence-corrected chi connectivity index (χ3v) is 4.78. The SMILES string of the molecule is COCC(=O)N1CCOC(Cc2cccc(-c3ccccc3)c2)(C(N)=O)C1. The molecule has 1 aliphatic heterocycles. The monoisotopic (exact) mass is 368 g/mol. The van der Waals surface area contributed by atoms with Gasteiger partial charge < -0.3 is 20.1 Å². The van der Waals surface area contributed by atoms with Crippen molar-refractivity contribution in [3.8, 4) is 11.1 Å². The summed E-state index contributed by atoms with van der Waals surface area (Å²) in [5, 5.41) is 0. The van der Waals surface area contributed by atoms with Gasteiger partial charge in [-0.25, -0.2) is 0 Å². The quantitative estimate of drug-likeness (QED) is 0.840. The second-order valence-corrected chi connectivity index (χ2v) is 6.70. The second kappa shape index (κ2) is 8.33. The van der Waals surface area contributed by atoms with Crippen molar-refractivity contribution in [3.05, 3.63) is 60.2 Å². The lowest BCUT2D eigenvalue weighted by molar-refractivity contribution is -0.165. The predicted octanol–water partition coefficient (Wildman–Crippen LogP) is 1.63. The highest BCUT2D eigenvalue weighted by Gasteiger charge is 2.43. The molecular formula is C21H24N2O4. The van der Waals surface area contributed by atoms with Crippen LogP contribution in [0.4, 0.5) is 0 Å². The number of nitrogens with zero attached hydrogens (tertiary/aromatic N) is 1. The summed E-state index contributed by atoms with van der Waals surface area (Å²) in [7, 11) is 1.47. The van der Waals surface area contributed by atoms with E-state index in [1.807, 2.05) is 54.6 Å².